The summed E-state index contributed by atoms with van der Waals surface area (Å²) < 4.78 is 0. The summed E-state index contributed by atoms with van der Waals surface area (Å²) in [7, 11) is 0. The molecule has 0 fully saturated rings. The van der Waals surface area contributed by atoms with Gasteiger partial charge in [-0.25, -0.2) is 0 Å². The third-order valence-electron chi connectivity index (χ3n) is 3.93. The molecule has 4 rings (SSSR count). The molecule has 1 heteroatoms. The Labute approximate surface area is 129 Å². The Morgan fingerprint density at radius 2 is 1.24 bits per heavy atom. The maximum Gasteiger partial charge on any atom is 0.00404 e. The second-order valence-corrected chi connectivity index (χ2v) is 5.79. The molecule has 0 nitrogen and oxygen atoms in total. The monoisotopic (exact) mass is 286 g/mol. The first-order valence-electron chi connectivity index (χ1n) is 7.02. The molecule has 0 saturated carbocycles. The van der Waals surface area contributed by atoms with E-state index in [-0.39, 0.29) is 0 Å². The quantitative estimate of drug-likeness (QED) is 0.324. The predicted molar refractivity (Wildman–Crippen MR) is 94.1 cm³/mol. The summed E-state index contributed by atoms with van der Waals surface area (Å²) >= 11 is 4.37. The van der Waals surface area contributed by atoms with E-state index in [1.807, 2.05) is 12.1 Å². The van der Waals surface area contributed by atoms with E-state index in [4.69, 9.17) is 0 Å². The van der Waals surface area contributed by atoms with Crippen LogP contribution in [0.25, 0.3) is 32.7 Å². The summed E-state index contributed by atoms with van der Waals surface area (Å²) in [6.07, 6.45) is 0. The lowest BCUT2D eigenvalue weighted by Crippen LogP contribution is -1.82. The molecule has 0 radical (unpaired) electrons. The second-order valence-electron chi connectivity index (χ2n) is 5.27. The molecule has 0 N–H and O–H groups in total. The fourth-order valence-electron chi connectivity index (χ4n) is 2.86. The molecule has 0 unspecified atom stereocenters. The van der Waals surface area contributed by atoms with Crippen molar-refractivity contribution in [3.8, 4) is 11.1 Å². The average molecular weight is 286 g/mol. The zero-order valence-electron chi connectivity index (χ0n) is 11.5. The Hall–Kier alpha value is -2.25. The molecule has 0 atom stereocenters. The molecular formula is C20H14S. The van der Waals surface area contributed by atoms with Crippen molar-refractivity contribution in [1.82, 2.24) is 0 Å². The standard InChI is InChI=1S/C20H14S/c21-18-10-8-14(9-11-18)19-7-3-6-17-12-15-4-1-2-5-16(15)13-20(17)19/h1-13,21H. The number of benzene rings is 4. The SMILES string of the molecule is Sc1ccc(-c2cccc3cc4ccccc4cc23)cc1. The molecule has 0 aliphatic carbocycles. The van der Waals surface area contributed by atoms with E-state index in [0.29, 0.717) is 0 Å². The third-order valence-corrected chi connectivity index (χ3v) is 4.22. The summed E-state index contributed by atoms with van der Waals surface area (Å²) in [5.74, 6) is 0. The van der Waals surface area contributed by atoms with Crippen LogP contribution in [0.2, 0.25) is 0 Å². The minimum Gasteiger partial charge on any atom is -0.143 e. The van der Waals surface area contributed by atoms with Gasteiger partial charge in [-0.3, -0.25) is 0 Å². The molecule has 0 spiro atoms. The first-order chi connectivity index (χ1) is 10.3. The first kappa shape index (κ1) is 12.5. The number of hydrogen-bond donors (Lipinski definition) is 1. The Morgan fingerprint density at radius 3 is 2.00 bits per heavy atom. The summed E-state index contributed by atoms with van der Waals surface area (Å²) in [5, 5.41) is 5.14. The zero-order chi connectivity index (χ0) is 14.2. The minimum absolute atomic E-state index is 0.990. The van der Waals surface area contributed by atoms with Gasteiger partial charge in [0.1, 0.15) is 0 Å². The third kappa shape index (κ3) is 2.20. The van der Waals surface area contributed by atoms with Crippen LogP contribution in [0.15, 0.2) is 83.8 Å². The lowest BCUT2D eigenvalue weighted by Gasteiger charge is -2.09. The van der Waals surface area contributed by atoms with Crippen molar-refractivity contribution in [2.75, 3.05) is 0 Å². The van der Waals surface area contributed by atoms with Gasteiger partial charge < -0.3 is 0 Å². The smallest absolute Gasteiger partial charge is 0.00404 e. The Morgan fingerprint density at radius 1 is 0.571 bits per heavy atom. The lowest BCUT2D eigenvalue weighted by molar-refractivity contribution is 1.48. The first-order valence-corrected chi connectivity index (χ1v) is 7.47. The van der Waals surface area contributed by atoms with Crippen molar-refractivity contribution in [3.63, 3.8) is 0 Å². The van der Waals surface area contributed by atoms with Crippen molar-refractivity contribution in [3.05, 3.63) is 78.9 Å². The molecule has 0 aliphatic rings. The summed E-state index contributed by atoms with van der Waals surface area (Å²) in [6.45, 7) is 0. The zero-order valence-corrected chi connectivity index (χ0v) is 12.3. The largest absolute Gasteiger partial charge is 0.143 e. The van der Waals surface area contributed by atoms with Crippen molar-refractivity contribution >= 4 is 34.2 Å². The highest BCUT2D eigenvalue weighted by Gasteiger charge is 2.05. The summed E-state index contributed by atoms with van der Waals surface area (Å²) in [6, 6.07) is 27.9. The highest BCUT2D eigenvalue weighted by Crippen LogP contribution is 2.32. The van der Waals surface area contributed by atoms with E-state index in [9.17, 15) is 0 Å². The molecule has 100 valence electrons. The maximum atomic E-state index is 4.37. The highest BCUT2D eigenvalue weighted by molar-refractivity contribution is 7.80. The van der Waals surface area contributed by atoms with Gasteiger partial charge in [0.15, 0.2) is 0 Å². The highest BCUT2D eigenvalue weighted by atomic mass is 32.1. The van der Waals surface area contributed by atoms with E-state index in [1.165, 1.54) is 32.7 Å². The maximum absolute atomic E-state index is 4.37. The lowest BCUT2D eigenvalue weighted by atomic mass is 9.96. The predicted octanol–water partition coefficient (Wildman–Crippen LogP) is 5.95. The van der Waals surface area contributed by atoms with Gasteiger partial charge in [0.25, 0.3) is 0 Å². The van der Waals surface area contributed by atoms with Gasteiger partial charge in [0.2, 0.25) is 0 Å². The molecule has 4 aromatic rings. The van der Waals surface area contributed by atoms with Crippen molar-refractivity contribution in [2.45, 2.75) is 4.90 Å². The number of hydrogen-bond acceptors (Lipinski definition) is 1. The van der Waals surface area contributed by atoms with Gasteiger partial charge in [-0.15, -0.1) is 12.6 Å². The van der Waals surface area contributed by atoms with Gasteiger partial charge in [-0.1, -0.05) is 54.6 Å². The van der Waals surface area contributed by atoms with Crippen LogP contribution in [0.4, 0.5) is 0 Å². The van der Waals surface area contributed by atoms with Crippen molar-refractivity contribution < 1.29 is 0 Å². The topological polar surface area (TPSA) is 0 Å². The fourth-order valence-corrected chi connectivity index (χ4v) is 3.01. The molecule has 0 heterocycles. The molecule has 0 saturated heterocycles. The number of thiol groups is 1. The Kier molecular flexibility index (Phi) is 2.94. The van der Waals surface area contributed by atoms with Crippen LogP contribution in [0.1, 0.15) is 0 Å². The molecule has 0 bridgehead atoms. The van der Waals surface area contributed by atoms with Gasteiger partial charge in [0.05, 0.1) is 0 Å². The Balaban J connectivity index is 2.04. The normalized spacial score (nSPS) is 11.1. The van der Waals surface area contributed by atoms with E-state index in [0.717, 1.165) is 4.90 Å². The second kappa shape index (κ2) is 4.94. The van der Waals surface area contributed by atoms with Gasteiger partial charge in [-0.2, -0.15) is 0 Å². The molecule has 4 aromatic carbocycles. The number of rotatable bonds is 1. The van der Waals surface area contributed by atoms with Crippen LogP contribution in [0, 0.1) is 0 Å². The summed E-state index contributed by atoms with van der Waals surface area (Å²) in [5.41, 5.74) is 2.50. The average Bonchev–Trinajstić information content (AvgIpc) is 2.53. The molecule has 0 aromatic heterocycles. The molecule has 0 aliphatic heterocycles. The molecule has 21 heavy (non-hydrogen) atoms. The van der Waals surface area contributed by atoms with Crippen LogP contribution in [-0.2, 0) is 0 Å². The van der Waals surface area contributed by atoms with Crippen LogP contribution < -0.4 is 0 Å². The van der Waals surface area contributed by atoms with E-state index in [1.54, 1.807) is 0 Å². The Bertz CT molecular complexity index is 937. The van der Waals surface area contributed by atoms with E-state index >= 15 is 0 Å². The van der Waals surface area contributed by atoms with Crippen LogP contribution in [0.3, 0.4) is 0 Å². The van der Waals surface area contributed by atoms with Crippen molar-refractivity contribution in [1.29, 1.82) is 0 Å². The summed E-state index contributed by atoms with van der Waals surface area (Å²) in [4.78, 5) is 0.990. The number of fused-ring (bicyclic) bond motifs is 2. The van der Waals surface area contributed by atoms with E-state index < -0.39 is 0 Å². The van der Waals surface area contributed by atoms with Gasteiger partial charge >= 0.3 is 0 Å². The van der Waals surface area contributed by atoms with E-state index in [2.05, 4.69) is 79.4 Å². The van der Waals surface area contributed by atoms with Gasteiger partial charge in [0, 0.05) is 4.90 Å². The minimum atomic E-state index is 0.990. The van der Waals surface area contributed by atoms with Crippen molar-refractivity contribution in [2.24, 2.45) is 0 Å². The molecular weight excluding hydrogens is 272 g/mol. The molecule has 0 amide bonds. The van der Waals surface area contributed by atoms with Gasteiger partial charge in [-0.05, 0) is 56.9 Å². The van der Waals surface area contributed by atoms with Crippen LogP contribution in [-0.4, -0.2) is 0 Å². The van der Waals surface area contributed by atoms with Crippen LogP contribution >= 0.6 is 12.6 Å². The van der Waals surface area contributed by atoms with Crippen LogP contribution in [0.5, 0.6) is 0 Å². The fraction of sp³-hybridized carbons (Fsp3) is 0.